The van der Waals surface area contributed by atoms with E-state index in [0.29, 0.717) is 38.8 Å². The molecule has 2 heterocycles. The summed E-state index contributed by atoms with van der Waals surface area (Å²) in [5.41, 5.74) is 1.00. The number of piperidine rings is 1. The van der Waals surface area contributed by atoms with Crippen LogP contribution in [0.25, 0.3) is 0 Å². The summed E-state index contributed by atoms with van der Waals surface area (Å²) >= 11 is 0. The molecule has 3 rings (SSSR count). The molecular formula is C18H24N2O5S. The molecule has 2 aliphatic heterocycles. The number of carbonyl (C=O) groups excluding carboxylic acids is 2. The molecule has 26 heavy (non-hydrogen) atoms. The third-order valence-electron chi connectivity index (χ3n) is 5.20. The second kappa shape index (κ2) is 7.36. The number of carbonyl (C=O) groups is 2. The number of methoxy groups -OCH3 is 1. The van der Waals surface area contributed by atoms with Crippen molar-refractivity contribution in [3.63, 3.8) is 0 Å². The number of rotatable bonds is 4. The van der Waals surface area contributed by atoms with Crippen molar-refractivity contribution in [2.75, 3.05) is 20.2 Å². The molecule has 0 spiro atoms. The van der Waals surface area contributed by atoms with Gasteiger partial charge in [0, 0.05) is 25.6 Å². The monoisotopic (exact) mass is 380 g/mol. The van der Waals surface area contributed by atoms with Crippen molar-refractivity contribution in [3.05, 3.63) is 29.8 Å². The van der Waals surface area contributed by atoms with Crippen LogP contribution in [0.5, 0.6) is 0 Å². The van der Waals surface area contributed by atoms with Crippen molar-refractivity contribution in [2.45, 2.75) is 49.6 Å². The highest BCUT2D eigenvalue weighted by atomic mass is 32.2. The Kier molecular flexibility index (Phi) is 5.34. The van der Waals surface area contributed by atoms with E-state index in [-0.39, 0.29) is 16.8 Å². The quantitative estimate of drug-likeness (QED) is 0.736. The first-order valence-electron chi connectivity index (χ1n) is 8.80. The molecular weight excluding hydrogens is 356 g/mol. The van der Waals surface area contributed by atoms with Crippen molar-refractivity contribution < 1.29 is 22.7 Å². The minimum atomic E-state index is -3.54. The Labute approximate surface area is 154 Å². The third kappa shape index (κ3) is 3.48. The predicted octanol–water partition coefficient (Wildman–Crippen LogP) is 1.31. The number of hydrogen-bond donors (Lipinski definition) is 0. The van der Waals surface area contributed by atoms with Crippen LogP contribution in [0.15, 0.2) is 29.2 Å². The molecule has 0 aromatic heterocycles. The summed E-state index contributed by atoms with van der Waals surface area (Å²) in [5, 5.41) is 0. The zero-order chi connectivity index (χ0) is 18.9. The van der Waals surface area contributed by atoms with Gasteiger partial charge in [-0.1, -0.05) is 17.7 Å². The second-order valence-electron chi connectivity index (χ2n) is 6.83. The lowest BCUT2D eigenvalue weighted by molar-refractivity contribution is -0.151. The van der Waals surface area contributed by atoms with Gasteiger partial charge in [-0.15, -0.1) is 0 Å². The minimum Gasteiger partial charge on any atom is -0.467 e. The first kappa shape index (κ1) is 18.8. The number of hydrogen-bond acceptors (Lipinski definition) is 5. The molecule has 1 unspecified atom stereocenters. The molecule has 142 valence electrons. The van der Waals surface area contributed by atoms with E-state index >= 15 is 0 Å². The van der Waals surface area contributed by atoms with Gasteiger partial charge in [0.25, 0.3) is 0 Å². The normalized spacial score (nSPS) is 22.6. The van der Waals surface area contributed by atoms with Gasteiger partial charge in [0.2, 0.25) is 15.9 Å². The van der Waals surface area contributed by atoms with Crippen LogP contribution in [-0.2, 0) is 24.3 Å². The first-order valence-corrected chi connectivity index (χ1v) is 10.2. The molecule has 0 N–H and O–H groups in total. The first-order chi connectivity index (χ1) is 12.3. The molecule has 7 nitrogen and oxygen atoms in total. The molecule has 0 radical (unpaired) electrons. The van der Waals surface area contributed by atoms with Gasteiger partial charge in [-0.2, -0.15) is 4.31 Å². The van der Waals surface area contributed by atoms with E-state index in [9.17, 15) is 18.0 Å². The molecule has 1 aromatic rings. The van der Waals surface area contributed by atoms with Gasteiger partial charge in [0.05, 0.1) is 12.0 Å². The molecule has 8 heteroatoms. The topological polar surface area (TPSA) is 84.0 Å². The summed E-state index contributed by atoms with van der Waals surface area (Å²) in [6.07, 6.45) is 1.84. The largest absolute Gasteiger partial charge is 0.467 e. The van der Waals surface area contributed by atoms with Gasteiger partial charge in [0.15, 0.2) is 0 Å². The van der Waals surface area contributed by atoms with Gasteiger partial charge in [0.1, 0.15) is 6.04 Å². The summed E-state index contributed by atoms with van der Waals surface area (Å²) in [6.45, 7) is 2.57. The zero-order valence-electron chi connectivity index (χ0n) is 15.1. The highest BCUT2D eigenvalue weighted by molar-refractivity contribution is 7.89. The van der Waals surface area contributed by atoms with Crippen LogP contribution in [-0.4, -0.2) is 61.8 Å². The minimum absolute atomic E-state index is 0.0553. The highest BCUT2D eigenvalue weighted by Crippen LogP contribution is 2.29. The fourth-order valence-electron chi connectivity index (χ4n) is 3.75. The summed E-state index contributed by atoms with van der Waals surface area (Å²) in [7, 11) is -2.22. The lowest BCUT2D eigenvalue weighted by Crippen LogP contribution is -2.51. The fourth-order valence-corrected chi connectivity index (χ4v) is 5.22. The number of amides is 1. The van der Waals surface area contributed by atoms with Crippen LogP contribution in [0, 0.1) is 6.92 Å². The van der Waals surface area contributed by atoms with Crippen LogP contribution in [0.1, 0.15) is 31.2 Å². The Hall–Kier alpha value is -1.93. The van der Waals surface area contributed by atoms with Crippen LogP contribution >= 0.6 is 0 Å². The standard InChI is InChI=1S/C18H24N2O5S/c1-13-3-5-15(6-4-13)26(23,24)19-11-9-14(10-12-19)20-16(18(22)25-2)7-8-17(20)21/h3-6,14,16H,7-12H2,1-2H3. The van der Waals surface area contributed by atoms with Gasteiger partial charge >= 0.3 is 5.97 Å². The van der Waals surface area contributed by atoms with Crippen LogP contribution < -0.4 is 0 Å². The number of sulfonamides is 1. The Morgan fingerprint density at radius 1 is 1.12 bits per heavy atom. The van der Waals surface area contributed by atoms with E-state index in [1.165, 1.54) is 11.4 Å². The van der Waals surface area contributed by atoms with Crippen LogP contribution in [0.3, 0.4) is 0 Å². The lowest BCUT2D eigenvalue weighted by atomic mass is 10.0. The maximum absolute atomic E-state index is 12.8. The van der Waals surface area contributed by atoms with Gasteiger partial charge in [-0.25, -0.2) is 13.2 Å². The number of esters is 1. The Bertz CT molecular complexity index is 782. The van der Waals surface area contributed by atoms with E-state index in [4.69, 9.17) is 4.74 Å². The molecule has 1 atom stereocenters. The van der Waals surface area contributed by atoms with Crippen molar-refractivity contribution in [2.24, 2.45) is 0 Å². The average Bonchev–Trinajstić information content (AvgIpc) is 3.03. The third-order valence-corrected chi connectivity index (χ3v) is 7.12. The fraction of sp³-hybridized carbons (Fsp3) is 0.556. The molecule has 1 aromatic carbocycles. The SMILES string of the molecule is COC(=O)C1CCC(=O)N1C1CCN(S(=O)(=O)c2ccc(C)cc2)CC1. The predicted molar refractivity (Wildman–Crippen MR) is 94.8 cm³/mol. The molecule has 1 amide bonds. The summed E-state index contributed by atoms with van der Waals surface area (Å²) < 4.78 is 31.8. The van der Waals surface area contributed by atoms with Crippen LogP contribution in [0.2, 0.25) is 0 Å². The molecule has 2 aliphatic rings. The molecule has 2 saturated heterocycles. The smallest absolute Gasteiger partial charge is 0.328 e. The maximum atomic E-state index is 12.8. The highest BCUT2D eigenvalue weighted by Gasteiger charge is 2.42. The summed E-state index contributed by atoms with van der Waals surface area (Å²) in [5.74, 6) is -0.453. The van der Waals surface area contributed by atoms with E-state index < -0.39 is 22.0 Å². The van der Waals surface area contributed by atoms with Crippen molar-refractivity contribution in [3.8, 4) is 0 Å². The van der Waals surface area contributed by atoms with Gasteiger partial charge in [-0.05, 0) is 38.3 Å². The van der Waals surface area contributed by atoms with Gasteiger partial charge < -0.3 is 9.64 Å². The molecule has 0 bridgehead atoms. The number of nitrogens with zero attached hydrogens (tertiary/aromatic N) is 2. The number of ether oxygens (including phenoxy) is 1. The lowest BCUT2D eigenvalue weighted by Gasteiger charge is -2.38. The molecule has 0 aliphatic carbocycles. The van der Waals surface area contributed by atoms with E-state index in [2.05, 4.69) is 0 Å². The molecule has 0 saturated carbocycles. The average molecular weight is 380 g/mol. The van der Waals surface area contributed by atoms with Gasteiger partial charge in [-0.3, -0.25) is 4.79 Å². The maximum Gasteiger partial charge on any atom is 0.328 e. The Morgan fingerprint density at radius 2 is 1.73 bits per heavy atom. The zero-order valence-corrected chi connectivity index (χ0v) is 15.9. The van der Waals surface area contributed by atoms with Crippen molar-refractivity contribution >= 4 is 21.9 Å². The van der Waals surface area contributed by atoms with Crippen LogP contribution in [0.4, 0.5) is 0 Å². The number of benzene rings is 1. The summed E-state index contributed by atoms with van der Waals surface area (Å²) in [6, 6.07) is 6.13. The van der Waals surface area contributed by atoms with Crippen molar-refractivity contribution in [1.29, 1.82) is 0 Å². The Morgan fingerprint density at radius 3 is 2.31 bits per heavy atom. The van der Waals surface area contributed by atoms with E-state index in [1.54, 1.807) is 29.2 Å². The van der Waals surface area contributed by atoms with E-state index in [0.717, 1.165) is 5.56 Å². The Balaban J connectivity index is 1.69. The number of aryl methyl sites for hydroxylation is 1. The summed E-state index contributed by atoms with van der Waals surface area (Å²) in [4.78, 5) is 26.0. The molecule has 2 fully saturated rings. The van der Waals surface area contributed by atoms with E-state index in [1.807, 2.05) is 6.92 Å². The van der Waals surface area contributed by atoms with Crippen molar-refractivity contribution in [1.82, 2.24) is 9.21 Å². The number of likely N-dealkylation sites (tertiary alicyclic amines) is 1. The second-order valence-corrected chi connectivity index (χ2v) is 8.76.